The number of amides is 1. The van der Waals surface area contributed by atoms with Gasteiger partial charge in [-0.05, 0) is 51.0 Å². The van der Waals surface area contributed by atoms with E-state index in [0.29, 0.717) is 22.7 Å². The second-order valence-corrected chi connectivity index (χ2v) is 8.99. The van der Waals surface area contributed by atoms with Crippen molar-refractivity contribution in [3.05, 3.63) is 41.3 Å². The minimum Gasteiger partial charge on any atom is -0.361 e. The fourth-order valence-corrected chi connectivity index (χ4v) is 4.93. The maximum atomic E-state index is 12.9. The molecule has 27 heavy (non-hydrogen) atoms. The Hall–Kier alpha value is -2.19. The summed E-state index contributed by atoms with van der Waals surface area (Å²) in [5.41, 5.74) is 1.42. The zero-order valence-corrected chi connectivity index (χ0v) is 16.7. The summed E-state index contributed by atoms with van der Waals surface area (Å²) in [5.74, 6) is 0.111. The topological polar surface area (TPSA) is 92.5 Å². The van der Waals surface area contributed by atoms with E-state index < -0.39 is 10.0 Å². The molecule has 146 valence electrons. The van der Waals surface area contributed by atoms with Crippen LogP contribution in [0, 0.1) is 13.8 Å². The molecule has 0 unspecified atom stereocenters. The molecule has 1 aliphatic carbocycles. The van der Waals surface area contributed by atoms with Gasteiger partial charge in [0.25, 0.3) is 5.91 Å². The number of nitrogens with one attached hydrogen (secondary N) is 1. The molecule has 1 N–H and O–H groups in total. The van der Waals surface area contributed by atoms with Gasteiger partial charge in [0.2, 0.25) is 10.0 Å². The van der Waals surface area contributed by atoms with E-state index in [0.717, 1.165) is 25.7 Å². The Bertz CT molecular complexity index is 893. The molecule has 7 nitrogen and oxygen atoms in total. The van der Waals surface area contributed by atoms with Gasteiger partial charge in [-0.3, -0.25) is 4.79 Å². The lowest BCUT2D eigenvalue weighted by Gasteiger charge is -2.30. The quantitative estimate of drug-likeness (QED) is 0.842. The van der Waals surface area contributed by atoms with Crippen molar-refractivity contribution in [3.8, 4) is 0 Å². The van der Waals surface area contributed by atoms with Crippen molar-refractivity contribution < 1.29 is 17.7 Å². The molecule has 1 saturated carbocycles. The molecule has 2 aromatic rings. The third-order valence-electron chi connectivity index (χ3n) is 5.14. The zero-order valence-electron chi connectivity index (χ0n) is 15.9. The van der Waals surface area contributed by atoms with Crippen molar-refractivity contribution >= 4 is 21.6 Å². The number of hydrogen-bond donors (Lipinski definition) is 1. The minimum absolute atomic E-state index is 0.0580. The van der Waals surface area contributed by atoms with E-state index in [1.807, 2.05) is 0 Å². The minimum atomic E-state index is -3.54. The van der Waals surface area contributed by atoms with Gasteiger partial charge in [0.05, 0.1) is 10.6 Å². The Labute approximate surface area is 159 Å². The van der Waals surface area contributed by atoms with Crippen LogP contribution < -0.4 is 5.32 Å². The van der Waals surface area contributed by atoms with Gasteiger partial charge in [0.1, 0.15) is 11.3 Å². The van der Waals surface area contributed by atoms with E-state index in [4.69, 9.17) is 4.52 Å². The maximum Gasteiger partial charge on any atom is 0.261 e. The number of carbonyl (C=O) groups is 1. The lowest BCUT2D eigenvalue weighted by Crippen LogP contribution is -2.38. The second-order valence-electron chi connectivity index (χ2n) is 6.99. The van der Waals surface area contributed by atoms with Crippen LogP contribution in [0.2, 0.25) is 0 Å². The number of carbonyl (C=O) groups excluding carboxylic acids is 1. The van der Waals surface area contributed by atoms with Crippen LogP contribution in [-0.4, -0.2) is 36.9 Å². The van der Waals surface area contributed by atoms with Crippen LogP contribution in [0.5, 0.6) is 0 Å². The van der Waals surface area contributed by atoms with Crippen LogP contribution in [0.15, 0.2) is 33.7 Å². The summed E-state index contributed by atoms with van der Waals surface area (Å²) in [6, 6.07) is 6.30. The monoisotopic (exact) mass is 391 g/mol. The van der Waals surface area contributed by atoms with Crippen LogP contribution in [0.25, 0.3) is 0 Å². The lowest BCUT2D eigenvalue weighted by molar-refractivity contribution is 0.102. The molecule has 1 aromatic heterocycles. The summed E-state index contributed by atoms with van der Waals surface area (Å²) >= 11 is 0. The molecule has 1 fully saturated rings. The summed E-state index contributed by atoms with van der Waals surface area (Å²) < 4.78 is 32.2. The van der Waals surface area contributed by atoms with E-state index in [1.165, 1.54) is 22.9 Å². The average Bonchev–Trinajstić information content (AvgIpc) is 3.00. The van der Waals surface area contributed by atoms with Crippen molar-refractivity contribution in [3.63, 3.8) is 0 Å². The van der Waals surface area contributed by atoms with Gasteiger partial charge in [0.15, 0.2) is 0 Å². The highest BCUT2D eigenvalue weighted by atomic mass is 32.2. The van der Waals surface area contributed by atoms with E-state index >= 15 is 0 Å². The van der Waals surface area contributed by atoms with Crippen LogP contribution in [0.1, 0.15) is 53.9 Å². The van der Waals surface area contributed by atoms with E-state index in [-0.39, 0.29) is 16.8 Å². The Morgan fingerprint density at radius 1 is 1.15 bits per heavy atom. The largest absolute Gasteiger partial charge is 0.361 e. The van der Waals surface area contributed by atoms with Crippen LogP contribution in [0.3, 0.4) is 0 Å². The lowest BCUT2D eigenvalue weighted by atomic mass is 9.96. The van der Waals surface area contributed by atoms with E-state index in [1.54, 1.807) is 33.0 Å². The number of sulfonamides is 1. The van der Waals surface area contributed by atoms with Crippen LogP contribution in [0.4, 0.5) is 5.69 Å². The first kappa shape index (κ1) is 19.6. The van der Waals surface area contributed by atoms with E-state index in [9.17, 15) is 13.2 Å². The predicted molar refractivity (Wildman–Crippen MR) is 102 cm³/mol. The number of rotatable bonds is 5. The summed E-state index contributed by atoms with van der Waals surface area (Å²) in [6.45, 7) is 3.37. The molecule has 0 radical (unpaired) electrons. The molecule has 0 spiro atoms. The van der Waals surface area contributed by atoms with Gasteiger partial charge >= 0.3 is 0 Å². The van der Waals surface area contributed by atoms with Gasteiger partial charge in [-0.1, -0.05) is 24.4 Å². The molecule has 0 saturated heterocycles. The molecule has 1 heterocycles. The normalized spacial score (nSPS) is 15.9. The van der Waals surface area contributed by atoms with Gasteiger partial charge in [-0.15, -0.1) is 0 Å². The van der Waals surface area contributed by atoms with Gasteiger partial charge in [-0.25, -0.2) is 8.42 Å². The first-order valence-electron chi connectivity index (χ1n) is 9.13. The number of benzene rings is 1. The van der Waals surface area contributed by atoms with E-state index in [2.05, 4.69) is 10.5 Å². The fraction of sp³-hybridized carbons (Fsp3) is 0.474. The maximum absolute atomic E-state index is 12.9. The van der Waals surface area contributed by atoms with Gasteiger partial charge < -0.3 is 9.84 Å². The molecule has 1 aliphatic rings. The first-order valence-corrected chi connectivity index (χ1v) is 10.6. The Kier molecular flexibility index (Phi) is 5.67. The molecule has 0 bridgehead atoms. The summed E-state index contributed by atoms with van der Waals surface area (Å²) in [4.78, 5) is 12.6. The third kappa shape index (κ3) is 4.06. The van der Waals surface area contributed by atoms with Gasteiger partial charge in [0, 0.05) is 18.8 Å². The van der Waals surface area contributed by atoms with Crippen LogP contribution in [-0.2, 0) is 10.0 Å². The highest BCUT2D eigenvalue weighted by Crippen LogP contribution is 2.27. The fourth-order valence-electron chi connectivity index (χ4n) is 3.52. The zero-order chi connectivity index (χ0) is 19.6. The Morgan fingerprint density at radius 2 is 1.78 bits per heavy atom. The number of anilines is 1. The van der Waals surface area contributed by atoms with Crippen molar-refractivity contribution in [1.82, 2.24) is 9.46 Å². The van der Waals surface area contributed by atoms with Gasteiger partial charge in [-0.2, -0.15) is 4.31 Å². The standard InChI is InChI=1S/C19H25N3O4S/c1-13-18(14(2)26-21-13)19(23)20-15-9-11-17(12-10-15)27(24,25)22(3)16-7-5-4-6-8-16/h9-12,16H,4-8H2,1-3H3,(H,20,23). The number of nitrogens with zero attached hydrogens (tertiary/aromatic N) is 2. The SMILES string of the molecule is Cc1noc(C)c1C(=O)Nc1ccc(S(=O)(=O)N(C)C2CCCCC2)cc1. The number of hydrogen-bond acceptors (Lipinski definition) is 5. The smallest absolute Gasteiger partial charge is 0.261 e. The molecule has 3 rings (SSSR count). The molecule has 0 atom stereocenters. The van der Waals surface area contributed by atoms with Crippen molar-refractivity contribution in [2.24, 2.45) is 0 Å². The molecular formula is C19H25N3O4S. The molecule has 8 heteroatoms. The van der Waals surface area contributed by atoms with Crippen LogP contribution >= 0.6 is 0 Å². The molecule has 1 aromatic carbocycles. The first-order chi connectivity index (χ1) is 12.8. The highest BCUT2D eigenvalue weighted by Gasteiger charge is 2.29. The van der Waals surface area contributed by atoms with Crippen molar-refractivity contribution in [2.75, 3.05) is 12.4 Å². The number of aryl methyl sites for hydroxylation is 2. The second kappa shape index (κ2) is 7.82. The average molecular weight is 391 g/mol. The van der Waals surface area contributed by atoms with Crippen molar-refractivity contribution in [2.45, 2.75) is 56.9 Å². The molecule has 1 amide bonds. The summed E-state index contributed by atoms with van der Waals surface area (Å²) in [5, 5.41) is 6.52. The predicted octanol–water partition coefficient (Wildman–Crippen LogP) is 3.50. The summed E-state index contributed by atoms with van der Waals surface area (Å²) in [7, 11) is -1.89. The Balaban J connectivity index is 1.73. The molecular weight excluding hydrogens is 366 g/mol. The third-order valence-corrected chi connectivity index (χ3v) is 7.06. The molecule has 0 aliphatic heterocycles. The Morgan fingerprint density at radius 3 is 2.33 bits per heavy atom. The van der Waals surface area contributed by atoms with Crippen molar-refractivity contribution in [1.29, 1.82) is 0 Å². The number of aromatic nitrogens is 1. The highest BCUT2D eigenvalue weighted by molar-refractivity contribution is 7.89. The summed E-state index contributed by atoms with van der Waals surface area (Å²) in [6.07, 6.45) is 5.11.